The molecule has 0 aliphatic rings. The lowest BCUT2D eigenvalue weighted by Crippen LogP contribution is -1.99. The van der Waals surface area contributed by atoms with Gasteiger partial charge < -0.3 is 9.73 Å². The van der Waals surface area contributed by atoms with E-state index in [2.05, 4.69) is 21.4 Å². The third-order valence-electron chi connectivity index (χ3n) is 3.92. The van der Waals surface area contributed by atoms with Crippen LogP contribution in [0.3, 0.4) is 0 Å². The molecule has 0 saturated carbocycles. The molecule has 1 N–H and O–H groups in total. The van der Waals surface area contributed by atoms with Gasteiger partial charge in [-0.1, -0.05) is 29.8 Å². The quantitative estimate of drug-likeness (QED) is 0.764. The van der Waals surface area contributed by atoms with E-state index in [0.29, 0.717) is 23.1 Å². The second kappa shape index (κ2) is 6.17. The third kappa shape index (κ3) is 2.99. The van der Waals surface area contributed by atoms with Crippen LogP contribution in [0.15, 0.2) is 34.7 Å². The Hall–Kier alpha value is -3.13. The van der Waals surface area contributed by atoms with Crippen LogP contribution >= 0.6 is 0 Å². The van der Waals surface area contributed by atoms with E-state index >= 15 is 0 Å². The SMILES string of the molecule is Cc1ccc(-c2cc(Nc3oc(C)c(C)c3C#N)nc(C)n2)cc1. The fourth-order valence-corrected chi connectivity index (χ4v) is 2.47. The predicted octanol–water partition coefficient (Wildman–Crippen LogP) is 4.59. The number of hydrogen-bond donors (Lipinski definition) is 1. The third-order valence-corrected chi connectivity index (χ3v) is 3.92. The van der Waals surface area contributed by atoms with Gasteiger partial charge in [0.2, 0.25) is 5.88 Å². The molecule has 0 bridgehead atoms. The summed E-state index contributed by atoms with van der Waals surface area (Å²) in [5, 5.41) is 12.4. The molecule has 120 valence electrons. The topological polar surface area (TPSA) is 74.7 Å². The number of nitriles is 1. The number of furan rings is 1. The number of aromatic nitrogens is 2. The van der Waals surface area contributed by atoms with Gasteiger partial charge in [-0.05, 0) is 27.7 Å². The molecule has 2 aromatic heterocycles. The molecule has 2 heterocycles. The van der Waals surface area contributed by atoms with E-state index in [9.17, 15) is 5.26 Å². The van der Waals surface area contributed by atoms with Crippen LogP contribution in [0.25, 0.3) is 11.3 Å². The summed E-state index contributed by atoms with van der Waals surface area (Å²) >= 11 is 0. The van der Waals surface area contributed by atoms with Crippen molar-refractivity contribution in [3.63, 3.8) is 0 Å². The second-order valence-corrected chi connectivity index (χ2v) is 5.78. The average Bonchev–Trinajstić information content (AvgIpc) is 2.81. The molecule has 5 nitrogen and oxygen atoms in total. The largest absolute Gasteiger partial charge is 0.444 e. The number of nitrogens with zero attached hydrogens (tertiary/aromatic N) is 3. The normalized spacial score (nSPS) is 10.5. The van der Waals surface area contributed by atoms with Crippen LogP contribution < -0.4 is 5.32 Å². The number of rotatable bonds is 3. The van der Waals surface area contributed by atoms with Crippen LogP contribution in [-0.4, -0.2) is 9.97 Å². The molecule has 0 unspecified atom stereocenters. The number of benzene rings is 1. The molecule has 3 aromatic rings. The van der Waals surface area contributed by atoms with Gasteiger partial charge in [0.05, 0.1) is 5.69 Å². The van der Waals surface area contributed by atoms with Gasteiger partial charge in [0, 0.05) is 17.2 Å². The van der Waals surface area contributed by atoms with E-state index in [-0.39, 0.29) is 0 Å². The van der Waals surface area contributed by atoms with Crippen molar-refractivity contribution in [1.29, 1.82) is 5.26 Å². The molecular weight excluding hydrogens is 300 g/mol. The minimum absolute atomic E-state index is 0.417. The lowest BCUT2D eigenvalue weighted by atomic mass is 10.1. The average molecular weight is 318 g/mol. The van der Waals surface area contributed by atoms with Crippen molar-refractivity contribution in [3.05, 3.63) is 58.6 Å². The number of nitrogens with one attached hydrogen (secondary N) is 1. The van der Waals surface area contributed by atoms with Crippen molar-refractivity contribution in [2.75, 3.05) is 5.32 Å². The summed E-state index contributed by atoms with van der Waals surface area (Å²) in [5.41, 5.74) is 4.37. The summed E-state index contributed by atoms with van der Waals surface area (Å²) in [7, 11) is 0. The summed E-state index contributed by atoms with van der Waals surface area (Å²) in [6.45, 7) is 7.59. The Bertz CT molecular complexity index is 933. The first-order chi connectivity index (χ1) is 11.5. The molecule has 0 radical (unpaired) electrons. The first kappa shape index (κ1) is 15.8. The van der Waals surface area contributed by atoms with E-state index < -0.39 is 0 Å². The summed E-state index contributed by atoms with van der Waals surface area (Å²) in [6, 6.07) is 12.2. The molecule has 0 aliphatic carbocycles. The Morgan fingerprint density at radius 3 is 2.42 bits per heavy atom. The van der Waals surface area contributed by atoms with E-state index in [4.69, 9.17) is 4.42 Å². The van der Waals surface area contributed by atoms with Crippen LogP contribution in [0.1, 0.15) is 28.3 Å². The Balaban J connectivity index is 2.00. The lowest BCUT2D eigenvalue weighted by molar-refractivity contribution is 0.548. The fourth-order valence-electron chi connectivity index (χ4n) is 2.47. The van der Waals surface area contributed by atoms with Gasteiger partial charge >= 0.3 is 0 Å². The maximum Gasteiger partial charge on any atom is 0.216 e. The smallest absolute Gasteiger partial charge is 0.216 e. The highest BCUT2D eigenvalue weighted by Crippen LogP contribution is 2.29. The highest BCUT2D eigenvalue weighted by Gasteiger charge is 2.15. The number of hydrogen-bond acceptors (Lipinski definition) is 5. The molecule has 24 heavy (non-hydrogen) atoms. The number of anilines is 2. The molecule has 0 amide bonds. The monoisotopic (exact) mass is 318 g/mol. The van der Waals surface area contributed by atoms with E-state index in [1.54, 1.807) is 0 Å². The van der Waals surface area contributed by atoms with Gasteiger partial charge in [-0.3, -0.25) is 0 Å². The second-order valence-electron chi connectivity index (χ2n) is 5.78. The maximum absolute atomic E-state index is 9.32. The molecule has 0 fully saturated rings. The molecule has 1 aromatic carbocycles. The molecule has 3 rings (SSSR count). The van der Waals surface area contributed by atoms with Crippen LogP contribution in [0.2, 0.25) is 0 Å². The molecule has 0 aliphatic heterocycles. The summed E-state index contributed by atoms with van der Waals surface area (Å²) in [6.07, 6.45) is 0. The van der Waals surface area contributed by atoms with Crippen molar-refractivity contribution >= 4 is 11.7 Å². The van der Waals surface area contributed by atoms with E-state index in [1.165, 1.54) is 5.56 Å². The first-order valence-electron chi connectivity index (χ1n) is 7.67. The zero-order chi connectivity index (χ0) is 17.3. The van der Waals surface area contributed by atoms with Gasteiger partial charge in [0.25, 0.3) is 0 Å². The summed E-state index contributed by atoms with van der Waals surface area (Å²) < 4.78 is 5.65. The number of aryl methyl sites for hydroxylation is 3. The van der Waals surface area contributed by atoms with Crippen LogP contribution in [0.4, 0.5) is 11.7 Å². The van der Waals surface area contributed by atoms with Crippen LogP contribution in [0, 0.1) is 39.0 Å². The van der Waals surface area contributed by atoms with Gasteiger partial charge in [-0.2, -0.15) is 5.26 Å². The van der Waals surface area contributed by atoms with Crippen molar-refractivity contribution in [2.24, 2.45) is 0 Å². The Kier molecular flexibility index (Phi) is 4.05. The van der Waals surface area contributed by atoms with E-state index in [0.717, 1.165) is 22.6 Å². The Labute approximate surface area is 141 Å². The van der Waals surface area contributed by atoms with Gasteiger partial charge in [0.15, 0.2) is 0 Å². The molecule has 0 spiro atoms. The highest BCUT2D eigenvalue weighted by atomic mass is 16.4. The summed E-state index contributed by atoms with van der Waals surface area (Å²) in [5.74, 6) is 2.39. The summed E-state index contributed by atoms with van der Waals surface area (Å²) in [4.78, 5) is 8.89. The van der Waals surface area contributed by atoms with Crippen LogP contribution in [-0.2, 0) is 0 Å². The molecule has 0 atom stereocenters. The zero-order valence-electron chi connectivity index (χ0n) is 14.1. The standard InChI is InChI=1S/C19H18N4O/c1-11-5-7-15(8-6-11)17-9-18(22-14(4)21-17)23-19-16(10-20)12(2)13(3)24-19/h5-9H,1-4H3,(H,21,22,23). The van der Waals surface area contributed by atoms with Crippen molar-refractivity contribution in [2.45, 2.75) is 27.7 Å². The predicted molar refractivity (Wildman–Crippen MR) is 93.1 cm³/mol. The van der Waals surface area contributed by atoms with Crippen molar-refractivity contribution < 1.29 is 4.42 Å². The van der Waals surface area contributed by atoms with Crippen molar-refractivity contribution in [1.82, 2.24) is 9.97 Å². The van der Waals surface area contributed by atoms with Gasteiger partial charge in [-0.25, -0.2) is 9.97 Å². The lowest BCUT2D eigenvalue weighted by Gasteiger charge is -2.08. The van der Waals surface area contributed by atoms with Gasteiger partial charge in [-0.15, -0.1) is 0 Å². The Morgan fingerprint density at radius 1 is 1.04 bits per heavy atom. The highest BCUT2D eigenvalue weighted by molar-refractivity contribution is 5.67. The first-order valence-corrected chi connectivity index (χ1v) is 7.67. The molecule has 0 saturated heterocycles. The van der Waals surface area contributed by atoms with Crippen LogP contribution in [0.5, 0.6) is 0 Å². The molecular formula is C19H18N4O. The van der Waals surface area contributed by atoms with Gasteiger partial charge in [0.1, 0.15) is 29.0 Å². The molecule has 5 heteroatoms. The van der Waals surface area contributed by atoms with Crippen molar-refractivity contribution in [3.8, 4) is 17.3 Å². The zero-order valence-corrected chi connectivity index (χ0v) is 14.1. The Morgan fingerprint density at radius 2 is 1.75 bits per heavy atom. The minimum atomic E-state index is 0.417. The maximum atomic E-state index is 9.32. The fraction of sp³-hybridized carbons (Fsp3) is 0.211. The van der Waals surface area contributed by atoms with E-state index in [1.807, 2.05) is 58.0 Å². The minimum Gasteiger partial charge on any atom is -0.444 e.